The van der Waals surface area contributed by atoms with Gasteiger partial charge in [-0.05, 0) is 49.4 Å². The van der Waals surface area contributed by atoms with Crippen LogP contribution in [0.1, 0.15) is 55.0 Å². The first kappa shape index (κ1) is 29.4. The van der Waals surface area contributed by atoms with Crippen molar-refractivity contribution >= 4 is 17.6 Å². The molecule has 4 rings (SSSR count). The van der Waals surface area contributed by atoms with Gasteiger partial charge in [0.25, 0.3) is 5.91 Å². The van der Waals surface area contributed by atoms with Gasteiger partial charge in [0, 0.05) is 56.0 Å². The van der Waals surface area contributed by atoms with Crippen LogP contribution in [0.15, 0.2) is 72.9 Å². The van der Waals surface area contributed by atoms with Crippen molar-refractivity contribution in [2.24, 2.45) is 0 Å². The Morgan fingerprint density at radius 3 is 2.45 bits per heavy atom. The topological polar surface area (TPSA) is 110 Å². The molecule has 2 aromatic carbocycles. The molecule has 4 atom stereocenters. The van der Waals surface area contributed by atoms with Crippen LogP contribution >= 0.6 is 0 Å². The molecule has 212 valence electrons. The average Bonchev–Trinajstić information content (AvgIpc) is 2.96. The van der Waals surface area contributed by atoms with E-state index in [1.54, 1.807) is 12.1 Å². The van der Waals surface area contributed by atoms with E-state index in [0.29, 0.717) is 12.1 Å². The zero-order valence-corrected chi connectivity index (χ0v) is 23.2. The molecular formula is C31H37N3O6. The number of pyridine rings is 1. The number of anilines is 1. The van der Waals surface area contributed by atoms with Gasteiger partial charge in [-0.2, -0.15) is 0 Å². The number of aromatic nitrogens is 1. The van der Waals surface area contributed by atoms with Crippen molar-refractivity contribution in [2.45, 2.75) is 57.9 Å². The molecule has 2 N–H and O–H groups in total. The van der Waals surface area contributed by atoms with Gasteiger partial charge < -0.3 is 29.5 Å². The minimum absolute atomic E-state index is 0.0101. The number of aliphatic hydroxyl groups is 1. The molecule has 0 aliphatic carbocycles. The Hall–Kier alpha value is -3.63. The molecule has 1 saturated heterocycles. The SMILES string of the molecule is CC(=O)O[C@@H](C)C(=O)Nc1ccc([C@H]2O[C@@H](CN(C)CCc3ccccn3)C[C@@H](c3ccc(CO)cc3)O2)cc1. The van der Waals surface area contributed by atoms with Crippen LogP contribution in [0, 0.1) is 0 Å². The highest BCUT2D eigenvalue weighted by atomic mass is 16.7. The standard InChI is InChI=1S/C31H37N3O6/c1-21(38-22(2)36)30(37)33-27-13-11-25(12-14-27)31-39-28(19-34(3)17-15-26-6-4-5-16-32-26)18-29(40-31)24-9-7-23(20-35)8-10-24/h4-14,16,21,28-29,31,35H,15,17-20H2,1-3H3,(H,33,37)/t21-,28+,29-,31-/m0/s1. The summed E-state index contributed by atoms with van der Waals surface area (Å²) in [6.45, 7) is 4.35. The molecular weight excluding hydrogens is 510 g/mol. The molecule has 0 radical (unpaired) electrons. The van der Waals surface area contributed by atoms with Gasteiger partial charge in [0.2, 0.25) is 0 Å². The van der Waals surface area contributed by atoms with Gasteiger partial charge in [-0.1, -0.05) is 42.5 Å². The molecule has 0 saturated carbocycles. The fraction of sp³-hybridized carbons (Fsp3) is 0.387. The maximum Gasteiger partial charge on any atom is 0.303 e. The Morgan fingerprint density at radius 1 is 1.07 bits per heavy atom. The minimum Gasteiger partial charge on any atom is -0.453 e. The molecule has 1 aliphatic heterocycles. The van der Waals surface area contributed by atoms with E-state index in [9.17, 15) is 14.7 Å². The van der Waals surface area contributed by atoms with Crippen molar-refractivity contribution in [2.75, 3.05) is 25.5 Å². The molecule has 2 heterocycles. The third kappa shape index (κ3) is 8.43. The van der Waals surface area contributed by atoms with E-state index < -0.39 is 24.3 Å². The largest absolute Gasteiger partial charge is 0.453 e. The third-order valence-corrected chi connectivity index (χ3v) is 6.77. The summed E-state index contributed by atoms with van der Waals surface area (Å²) in [5.41, 5.74) is 4.32. The van der Waals surface area contributed by atoms with E-state index in [2.05, 4.69) is 22.2 Å². The van der Waals surface area contributed by atoms with Crippen LogP contribution < -0.4 is 5.32 Å². The van der Waals surface area contributed by atoms with Crippen molar-refractivity contribution in [1.29, 1.82) is 0 Å². The van der Waals surface area contributed by atoms with Crippen molar-refractivity contribution in [3.05, 3.63) is 95.3 Å². The van der Waals surface area contributed by atoms with Gasteiger partial charge in [0.15, 0.2) is 12.4 Å². The molecule has 0 bridgehead atoms. The van der Waals surface area contributed by atoms with Gasteiger partial charge in [0.1, 0.15) is 0 Å². The smallest absolute Gasteiger partial charge is 0.303 e. The quantitative estimate of drug-likeness (QED) is 0.344. The molecule has 9 nitrogen and oxygen atoms in total. The van der Waals surface area contributed by atoms with Gasteiger partial charge in [-0.15, -0.1) is 0 Å². The Morgan fingerprint density at radius 2 is 1.80 bits per heavy atom. The summed E-state index contributed by atoms with van der Waals surface area (Å²) < 4.78 is 17.8. The third-order valence-electron chi connectivity index (χ3n) is 6.77. The van der Waals surface area contributed by atoms with E-state index in [0.717, 1.165) is 41.9 Å². The second-order valence-corrected chi connectivity index (χ2v) is 10.0. The predicted octanol–water partition coefficient (Wildman–Crippen LogP) is 4.18. The highest BCUT2D eigenvalue weighted by Crippen LogP contribution is 2.38. The Labute approximate surface area is 235 Å². The van der Waals surface area contributed by atoms with Gasteiger partial charge >= 0.3 is 5.97 Å². The molecule has 0 spiro atoms. The first-order valence-electron chi connectivity index (χ1n) is 13.5. The van der Waals surface area contributed by atoms with Crippen LogP contribution in [0.5, 0.6) is 0 Å². The van der Waals surface area contributed by atoms with Crippen LogP contribution in [0.25, 0.3) is 0 Å². The molecule has 40 heavy (non-hydrogen) atoms. The summed E-state index contributed by atoms with van der Waals surface area (Å²) in [6, 6.07) is 21.0. The molecule has 3 aromatic rings. The predicted molar refractivity (Wildman–Crippen MR) is 150 cm³/mol. The zero-order chi connectivity index (χ0) is 28.5. The molecule has 1 aromatic heterocycles. The number of nitrogens with zero attached hydrogens (tertiary/aromatic N) is 2. The molecule has 9 heteroatoms. The molecule has 1 amide bonds. The van der Waals surface area contributed by atoms with Crippen molar-refractivity contribution in [1.82, 2.24) is 9.88 Å². The monoisotopic (exact) mass is 547 g/mol. The van der Waals surface area contributed by atoms with Crippen LogP contribution in [-0.4, -0.2) is 59.2 Å². The number of esters is 1. The number of ether oxygens (including phenoxy) is 3. The summed E-state index contributed by atoms with van der Waals surface area (Å²) in [4.78, 5) is 30.1. The number of carbonyl (C=O) groups excluding carboxylic acids is 2. The molecule has 0 unspecified atom stereocenters. The Bertz CT molecular complexity index is 1240. The summed E-state index contributed by atoms with van der Waals surface area (Å²) in [5.74, 6) is -0.921. The summed E-state index contributed by atoms with van der Waals surface area (Å²) in [6.07, 6.45) is 1.57. The number of likely N-dealkylation sites (N-methyl/N-ethyl adjacent to an activating group) is 1. The second-order valence-electron chi connectivity index (χ2n) is 10.0. The minimum atomic E-state index is -0.893. The van der Waals surface area contributed by atoms with E-state index in [-0.39, 0.29) is 18.8 Å². The summed E-state index contributed by atoms with van der Waals surface area (Å²) >= 11 is 0. The number of benzene rings is 2. The van der Waals surface area contributed by atoms with E-state index >= 15 is 0 Å². The zero-order valence-electron chi connectivity index (χ0n) is 23.2. The highest BCUT2D eigenvalue weighted by Gasteiger charge is 2.32. The summed E-state index contributed by atoms with van der Waals surface area (Å²) in [5, 5.41) is 12.2. The first-order valence-corrected chi connectivity index (χ1v) is 13.5. The Kier molecular flexibility index (Phi) is 10.4. The van der Waals surface area contributed by atoms with Crippen molar-refractivity contribution < 1.29 is 28.9 Å². The fourth-order valence-corrected chi connectivity index (χ4v) is 4.59. The number of hydrogen-bond acceptors (Lipinski definition) is 8. The van der Waals surface area contributed by atoms with E-state index in [1.165, 1.54) is 13.8 Å². The fourth-order valence-electron chi connectivity index (χ4n) is 4.59. The number of hydrogen-bond donors (Lipinski definition) is 2. The van der Waals surface area contributed by atoms with Gasteiger partial charge in [-0.25, -0.2) is 0 Å². The Balaban J connectivity index is 1.44. The average molecular weight is 548 g/mol. The van der Waals surface area contributed by atoms with Crippen LogP contribution in [0.4, 0.5) is 5.69 Å². The summed E-state index contributed by atoms with van der Waals surface area (Å²) in [7, 11) is 2.08. The van der Waals surface area contributed by atoms with E-state index in [4.69, 9.17) is 14.2 Å². The normalized spacial score (nSPS) is 19.7. The maximum absolute atomic E-state index is 12.3. The number of carbonyl (C=O) groups is 2. The number of amides is 1. The number of nitrogens with one attached hydrogen (secondary N) is 1. The first-order chi connectivity index (χ1) is 19.3. The van der Waals surface area contributed by atoms with Gasteiger partial charge in [0.05, 0.1) is 18.8 Å². The molecule has 1 aliphatic rings. The van der Waals surface area contributed by atoms with Crippen LogP contribution in [0.3, 0.4) is 0 Å². The van der Waals surface area contributed by atoms with Gasteiger partial charge in [-0.3, -0.25) is 14.6 Å². The maximum atomic E-state index is 12.3. The second kappa shape index (κ2) is 14.1. The number of rotatable bonds is 11. The molecule has 1 fully saturated rings. The highest BCUT2D eigenvalue weighted by molar-refractivity contribution is 5.94. The lowest BCUT2D eigenvalue weighted by Crippen LogP contribution is -2.38. The van der Waals surface area contributed by atoms with Crippen LogP contribution in [0.2, 0.25) is 0 Å². The lowest BCUT2D eigenvalue weighted by Gasteiger charge is -2.38. The number of aliphatic hydroxyl groups excluding tert-OH is 1. The van der Waals surface area contributed by atoms with E-state index in [1.807, 2.05) is 60.8 Å². The van der Waals surface area contributed by atoms with Crippen LogP contribution in [-0.2, 0) is 36.8 Å². The lowest BCUT2D eigenvalue weighted by atomic mass is 9.99. The van der Waals surface area contributed by atoms with Crippen molar-refractivity contribution in [3.63, 3.8) is 0 Å². The lowest BCUT2D eigenvalue weighted by molar-refractivity contribution is -0.252. The van der Waals surface area contributed by atoms with Crippen molar-refractivity contribution in [3.8, 4) is 0 Å².